The molecule has 0 saturated carbocycles. The van der Waals surface area contributed by atoms with Crippen molar-refractivity contribution in [2.75, 3.05) is 12.4 Å². The number of hydrogen-bond donors (Lipinski definition) is 2. The van der Waals surface area contributed by atoms with E-state index >= 15 is 0 Å². The van der Waals surface area contributed by atoms with Crippen molar-refractivity contribution in [2.45, 2.75) is 12.1 Å². The minimum absolute atomic E-state index is 0.309. The highest BCUT2D eigenvalue weighted by Crippen LogP contribution is 2.38. The largest absolute Gasteiger partial charge is 0.497 e. The van der Waals surface area contributed by atoms with Gasteiger partial charge in [0.15, 0.2) is 0 Å². The Kier molecular flexibility index (Phi) is 2.71. The van der Waals surface area contributed by atoms with Crippen molar-refractivity contribution in [1.82, 2.24) is 0 Å². The Hall–Kier alpha value is -2.11. The van der Waals surface area contributed by atoms with E-state index in [1.807, 2.05) is 0 Å². The third kappa shape index (κ3) is 1.82. The summed E-state index contributed by atoms with van der Waals surface area (Å²) in [6, 6.07) is 4.63. The number of nitrogens with one attached hydrogen (secondary N) is 1. The van der Waals surface area contributed by atoms with Gasteiger partial charge in [-0.15, -0.1) is 0 Å². The van der Waals surface area contributed by atoms with Crippen molar-refractivity contribution in [1.29, 1.82) is 0 Å². The molecule has 2 atom stereocenters. The minimum Gasteiger partial charge on any atom is -0.497 e. The Bertz CT molecular complexity index is 488. The van der Waals surface area contributed by atoms with Gasteiger partial charge >= 0.3 is 5.97 Å². The maximum absolute atomic E-state index is 13.5. The number of carboxylic acid groups (broad SMARTS) is 1. The lowest BCUT2D eigenvalue weighted by Crippen LogP contribution is -2.28. The lowest BCUT2D eigenvalue weighted by Gasteiger charge is -2.10. The molecule has 5 nitrogen and oxygen atoms in total. The van der Waals surface area contributed by atoms with Crippen molar-refractivity contribution in [3.8, 4) is 5.75 Å². The fourth-order valence-corrected chi connectivity index (χ4v) is 1.82. The molecule has 90 valence electrons. The molecule has 1 aromatic carbocycles. The first-order valence-electron chi connectivity index (χ1n) is 4.90. The molecule has 6 heteroatoms. The normalized spacial score (nSPS) is 19.4. The lowest BCUT2D eigenvalue weighted by atomic mass is 9.95. The fraction of sp³-hybridized carbons (Fsp3) is 0.273. The van der Waals surface area contributed by atoms with Crippen LogP contribution in [0.2, 0.25) is 0 Å². The van der Waals surface area contributed by atoms with E-state index in [0.717, 1.165) is 0 Å². The molecule has 2 N–H and O–H groups in total. The second kappa shape index (κ2) is 4.04. The smallest absolute Gasteiger partial charge is 0.339 e. The van der Waals surface area contributed by atoms with Crippen molar-refractivity contribution in [3.05, 3.63) is 23.8 Å². The molecule has 0 radical (unpaired) electrons. The van der Waals surface area contributed by atoms with Crippen LogP contribution in [-0.4, -0.2) is 30.3 Å². The molecule has 17 heavy (non-hydrogen) atoms. The molecule has 0 saturated heterocycles. The van der Waals surface area contributed by atoms with Crippen molar-refractivity contribution in [2.24, 2.45) is 0 Å². The molecule has 1 heterocycles. The van der Waals surface area contributed by atoms with Gasteiger partial charge in [0.05, 0.1) is 7.11 Å². The van der Waals surface area contributed by atoms with Gasteiger partial charge in [-0.1, -0.05) is 0 Å². The van der Waals surface area contributed by atoms with Crippen LogP contribution in [0.1, 0.15) is 11.5 Å². The van der Waals surface area contributed by atoms with Crippen LogP contribution in [0.15, 0.2) is 18.2 Å². The monoisotopic (exact) mass is 239 g/mol. The third-order valence-electron chi connectivity index (χ3n) is 2.66. The van der Waals surface area contributed by atoms with E-state index in [9.17, 15) is 14.0 Å². The summed E-state index contributed by atoms with van der Waals surface area (Å²) < 4.78 is 18.4. The Balaban J connectivity index is 2.44. The van der Waals surface area contributed by atoms with Gasteiger partial charge in [-0.3, -0.25) is 4.79 Å². The third-order valence-corrected chi connectivity index (χ3v) is 2.66. The molecular weight excluding hydrogens is 229 g/mol. The zero-order valence-electron chi connectivity index (χ0n) is 8.94. The van der Waals surface area contributed by atoms with Gasteiger partial charge in [0, 0.05) is 5.69 Å². The molecule has 1 aliphatic heterocycles. The summed E-state index contributed by atoms with van der Waals surface area (Å²) in [7, 11) is 1.44. The number of rotatable bonds is 3. The minimum atomic E-state index is -2.26. The van der Waals surface area contributed by atoms with Crippen molar-refractivity contribution in [3.63, 3.8) is 0 Å². The lowest BCUT2D eigenvalue weighted by molar-refractivity contribution is -0.145. The van der Waals surface area contributed by atoms with Crippen LogP contribution in [0, 0.1) is 0 Å². The zero-order valence-corrected chi connectivity index (χ0v) is 8.94. The van der Waals surface area contributed by atoms with Gasteiger partial charge in [0.25, 0.3) is 0 Å². The van der Waals surface area contributed by atoms with Crippen LogP contribution in [0.3, 0.4) is 0 Å². The maximum Gasteiger partial charge on any atom is 0.339 e. The van der Waals surface area contributed by atoms with Gasteiger partial charge in [-0.25, -0.2) is 9.18 Å². The Morgan fingerprint density at radius 2 is 2.29 bits per heavy atom. The molecule has 0 fully saturated rings. The number of carbonyl (C=O) groups is 2. The number of halogens is 1. The molecule has 0 aliphatic carbocycles. The molecule has 1 aliphatic rings. The second-order valence-corrected chi connectivity index (χ2v) is 3.66. The van der Waals surface area contributed by atoms with E-state index in [1.54, 1.807) is 12.1 Å². The topological polar surface area (TPSA) is 75.6 Å². The average molecular weight is 239 g/mol. The summed E-state index contributed by atoms with van der Waals surface area (Å²) >= 11 is 0. The Morgan fingerprint density at radius 3 is 2.88 bits per heavy atom. The number of carbonyl (C=O) groups excluding carboxylic acids is 1. The fourth-order valence-electron chi connectivity index (χ4n) is 1.82. The summed E-state index contributed by atoms with van der Waals surface area (Å²) in [5.41, 5.74) is 0.731. The van der Waals surface area contributed by atoms with E-state index in [0.29, 0.717) is 17.0 Å². The number of benzene rings is 1. The van der Waals surface area contributed by atoms with E-state index in [1.165, 1.54) is 13.2 Å². The zero-order chi connectivity index (χ0) is 12.6. The van der Waals surface area contributed by atoms with Gasteiger partial charge in [-0.2, -0.15) is 0 Å². The highest BCUT2D eigenvalue weighted by molar-refractivity contribution is 6.05. The summed E-state index contributed by atoms with van der Waals surface area (Å²) in [6.45, 7) is 0. The number of carboxylic acids is 1. The SMILES string of the molecule is COc1ccc2c(c1)C(C(F)C(=O)O)C(=O)N2. The van der Waals surface area contributed by atoms with Gasteiger partial charge in [0.2, 0.25) is 12.1 Å². The van der Waals surface area contributed by atoms with E-state index in [-0.39, 0.29) is 0 Å². The van der Waals surface area contributed by atoms with Crippen LogP contribution >= 0.6 is 0 Å². The molecule has 1 amide bonds. The highest BCUT2D eigenvalue weighted by Gasteiger charge is 2.41. The van der Waals surface area contributed by atoms with Crippen molar-refractivity contribution >= 4 is 17.6 Å². The number of alkyl halides is 1. The number of ether oxygens (including phenoxy) is 1. The van der Waals surface area contributed by atoms with Crippen LogP contribution in [0.5, 0.6) is 5.75 Å². The predicted octanol–water partition coefficient (Wildman–Crippen LogP) is 1.15. The van der Waals surface area contributed by atoms with E-state index in [4.69, 9.17) is 9.84 Å². The number of aliphatic carboxylic acids is 1. The summed E-state index contributed by atoms with van der Waals surface area (Å²) in [4.78, 5) is 22.1. The Labute approximate surface area is 96.2 Å². The van der Waals surface area contributed by atoms with Gasteiger partial charge in [-0.05, 0) is 23.8 Å². The van der Waals surface area contributed by atoms with Crippen LogP contribution in [0.4, 0.5) is 10.1 Å². The first-order chi connectivity index (χ1) is 8.04. The summed E-state index contributed by atoms with van der Waals surface area (Å²) in [5.74, 6) is -3.18. The maximum atomic E-state index is 13.5. The number of methoxy groups -OCH3 is 1. The second-order valence-electron chi connectivity index (χ2n) is 3.66. The van der Waals surface area contributed by atoms with E-state index in [2.05, 4.69) is 5.32 Å². The highest BCUT2D eigenvalue weighted by atomic mass is 19.1. The van der Waals surface area contributed by atoms with E-state index < -0.39 is 24.0 Å². The van der Waals surface area contributed by atoms with Crippen LogP contribution in [-0.2, 0) is 9.59 Å². The molecule has 2 rings (SSSR count). The molecule has 0 bridgehead atoms. The number of anilines is 1. The summed E-state index contributed by atoms with van der Waals surface area (Å²) in [6.07, 6.45) is -2.26. The molecule has 1 aromatic rings. The quantitative estimate of drug-likeness (QED) is 0.829. The number of fused-ring (bicyclic) bond motifs is 1. The molecule has 2 unspecified atom stereocenters. The van der Waals surface area contributed by atoms with Crippen LogP contribution < -0.4 is 10.1 Å². The molecule has 0 spiro atoms. The number of amides is 1. The average Bonchev–Trinajstić information content (AvgIpc) is 2.62. The predicted molar refractivity (Wildman–Crippen MR) is 56.9 cm³/mol. The number of hydrogen-bond acceptors (Lipinski definition) is 3. The van der Waals surface area contributed by atoms with Gasteiger partial charge in [0.1, 0.15) is 11.7 Å². The van der Waals surface area contributed by atoms with Crippen LogP contribution in [0.25, 0.3) is 0 Å². The Morgan fingerprint density at radius 1 is 1.59 bits per heavy atom. The van der Waals surface area contributed by atoms with Gasteiger partial charge < -0.3 is 15.2 Å². The van der Waals surface area contributed by atoms with Crippen molar-refractivity contribution < 1.29 is 23.8 Å². The molecule has 0 aromatic heterocycles. The first-order valence-corrected chi connectivity index (χ1v) is 4.90. The summed E-state index contributed by atoms with van der Waals surface area (Å²) in [5, 5.41) is 11.1. The molecular formula is C11H10FNO4. The standard InChI is InChI=1S/C11H10FNO4/c1-17-5-2-3-7-6(4-5)8(10(14)13-7)9(12)11(15)16/h2-4,8-9H,1H3,(H,13,14)(H,15,16). The first kappa shape index (κ1) is 11.4.